The molecular formula is C3H8Cl4GeSi. The standard InChI is InChI=1S/C3H8Cl4GeSi/c1-9(2,7)3-8(4,5)6/h3H2,1-2H3. The van der Waals surface area contributed by atoms with Gasteiger partial charge in [-0.25, -0.2) is 0 Å². The predicted molar refractivity (Wildman–Crippen MR) is 51.5 cm³/mol. The molecule has 0 radical (unpaired) electrons. The molecule has 9 heavy (non-hydrogen) atoms. The van der Waals surface area contributed by atoms with Crippen molar-refractivity contribution in [1.29, 1.82) is 0 Å². The molecule has 0 spiro atoms. The Labute approximate surface area is 76.4 Å². The van der Waals surface area contributed by atoms with Gasteiger partial charge in [0.25, 0.3) is 0 Å². The van der Waals surface area contributed by atoms with Gasteiger partial charge in [0, 0.05) is 0 Å². The summed E-state index contributed by atoms with van der Waals surface area (Å²) in [7, 11) is 12.5. The summed E-state index contributed by atoms with van der Waals surface area (Å²) >= 11 is 5.95. The summed E-state index contributed by atoms with van der Waals surface area (Å²) in [5.74, 6) is 0. The summed E-state index contributed by atoms with van der Waals surface area (Å²) in [6, 6.07) is 0. The second kappa shape index (κ2) is 3.55. The van der Waals surface area contributed by atoms with Crippen LogP contribution in [0.25, 0.3) is 0 Å². The van der Waals surface area contributed by atoms with Crippen molar-refractivity contribution in [3.63, 3.8) is 0 Å². The molecule has 0 aromatic carbocycles. The van der Waals surface area contributed by atoms with E-state index >= 15 is 0 Å². The van der Waals surface area contributed by atoms with Crippen LogP contribution in [0.5, 0.6) is 0 Å². The van der Waals surface area contributed by atoms with Crippen LogP contribution in [0.4, 0.5) is 0 Å². The van der Waals surface area contributed by atoms with E-state index in [1.165, 1.54) is 0 Å². The zero-order chi connectivity index (χ0) is 7.71. The van der Waals surface area contributed by atoms with Crippen LogP contribution in [-0.4, -0.2) is 17.9 Å². The SMILES string of the molecule is C[Si](C)(Cl)[CH2][Ge]([Cl])([Cl])[Cl]. The molecule has 0 nitrogen and oxygen atoms in total. The molecule has 0 aliphatic carbocycles. The minimum atomic E-state index is -2.89. The molecule has 0 atom stereocenters. The molecule has 0 aromatic rings. The van der Waals surface area contributed by atoms with Crippen molar-refractivity contribution in [2.24, 2.45) is 0 Å². The molecule has 0 N–H and O–H groups in total. The van der Waals surface area contributed by atoms with E-state index < -0.39 is 17.9 Å². The monoisotopic (exact) mass is 286 g/mol. The van der Waals surface area contributed by atoms with Gasteiger partial charge >= 0.3 is 76.9 Å². The molecule has 0 aliphatic rings. The van der Waals surface area contributed by atoms with Gasteiger partial charge in [-0.1, -0.05) is 0 Å². The Morgan fingerprint density at radius 2 is 1.56 bits per heavy atom. The Morgan fingerprint density at radius 1 is 1.22 bits per heavy atom. The molecule has 0 unspecified atom stereocenters. The van der Waals surface area contributed by atoms with Gasteiger partial charge in [-0.3, -0.25) is 0 Å². The van der Waals surface area contributed by atoms with Crippen LogP contribution < -0.4 is 0 Å². The predicted octanol–water partition coefficient (Wildman–Crippen LogP) is 3.62. The Kier molecular flexibility index (Phi) is 4.30. The van der Waals surface area contributed by atoms with Crippen LogP contribution >= 0.6 is 41.1 Å². The van der Waals surface area contributed by atoms with Crippen molar-refractivity contribution in [3.05, 3.63) is 0 Å². The van der Waals surface area contributed by atoms with E-state index in [2.05, 4.69) is 0 Å². The first-order valence-corrected chi connectivity index (χ1v) is 16.4. The molecule has 0 amide bonds. The average molecular weight is 287 g/mol. The molecule has 0 rings (SSSR count). The summed E-state index contributed by atoms with van der Waals surface area (Å²) in [4.78, 5) is 0.680. The first-order chi connectivity index (χ1) is 3.71. The fraction of sp³-hybridized carbons (Fsp3) is 1.00. The van der Waals surface area contributed by atoms with Crippen LogP contribution in [0.2, 0.25) is 18.0 Å². The van der Waals surface area contributed by atoms with E-state index in [9.17, 15) is 0 Å². The van der Waals surface area contributed by atoms with Gasteiger partial charge in [0.05, 0.1) is 0 Å². The summed E-state index contributed by atoms with van der Waals surface area (Å²) in [6.45, 7) is 3.98. The Morgan fingerprint density at radius 3 is 1.56 bits per heavy atom. The van der Waals surface area contributed by atoms with Crippen LogP contribution in [0.1, 0.15) is 0 Å². The molecular weight excluding hydrogens is 279 g/mol. The van der Waals surface area contributed by atoms with Crippen molar-refractivity contribution in [3.8, 4) is 0 Å². The molecule has 56 valence electrons. The van der Waals surface area contributed by atoms with Gasteiger partial charge < -0.3 is 0 Å². The van der Waals surface area contributed by atoms with Gasteiger partial charge in [-0.2, -0.15) is 0 Å². The third-order valence-electron chi connectivity index (χ3n) is 0.621. The normalized spacial score (nSPS) is 14.0. The second-order valence-electron chi connectivity index (χ2n) is 2.51. The zero-order valence-electron chi connectivity index (χ0n) is 5.22. The fourth-order valence-corrected chi connectivity index (χ4v) is 29.4. The van der Waals surface area contributed by atoms with Gasteiger partial charge in [0.15, 0.2) is 0 Å². The third kappa shape index (κ3) is 9.92. The molecule has 0 aromatic heterocycles. The third-order valence-corrected chi connectivity index (χ3v) is 18.0. The van der Waals surface area contributed by atoms with Crippen LogP contribution in [-0.2, 0) is 0 Å². The maximum absolute atomic E-state index is 5.95. The topological polar surface area (TPSA) is 0 Å². The number of hydrogen-bond acceptors (Lipinski definition) is 0. The van der Waals surface area contributed by atoms with Gasteiger partial charge in [-0.05, 0) is 0 Å². The molecule has 0 saturated carbocycles. The minimum absolute atomic E-state index is 0.680. The maximum atomic E-state index is 5.95. The molecule has 0 fully saturated rings. The van der Waals surface area contributed by atoms with Crippen molar-refractivity contribution in [2.45, 2.75) is 18.0 Å². The number of rotatable bonds is 2. The van der Waals surface area contributed by atoms with Gasteiger partial charge in [-0.15, -0.1) is 0 Å². The summed E-state index contributed by atoms with van der Waals surface area (Å²) in [6.07, 6.45) is 0. The Bertz CT molecular complexity index is 81.0. The van der Waals surface area contributed by atoms with E-state index in [1.54, 1.807) is 0 Å². The van der Waals surface area contributed by atoms with Crippen molar-refractivity contribution >= 4 is 59.0 Å². The first-order valence-electron chi connectivity index (χ1n) is 2.46. The van der Waals surface area contributed by atoms with E-state index in [-0.39, 0.29) is 0 Å². The van der Waals surface area contributed by atoms with Crippen molar-refractivity contribution in [1.82, 2.24) is 0 Å². The van der Waals surface area contributed by atoms with Crippen molar-refractivity contribution in [2.75, 3.05) is 0 Å². The summed E-state index contributed by atoms with van der Waals surface area (Å²) < 4.78 is 0. The molecule has 0 saturated heterocycles. The van der Waals surface area contributed by atoms with Crippen molar-refractivity contribution < 1.29 is 0 Å². The van der Waals surface area contributed by atoms with Crippen LogP contribution in [0.3, 0.4) is 0 Å². The Balaban J connectivity index is 3.75. The van der Waals surface area contributed by atoms with Gasteiger partial charge in [0.1, 0.15) is 0 Å². The zero-order valence-corrected chi connectivity index (χ0v) is 11.3. The van der Waals surface area contributed by atoms with E-state index in [0.29, 0.717) is 4.88 Å². The van der Waals surface area contributed by atoms with Crippen LogP contribution in [0.15, 0.2) is 0 Å². The first kappa shape index (κ1) is 10.9. The number of hydrogen-bond donors (Lipinski definition) is 0. The second-order valence-corrected chi connectivity index (χ2v) is 27.3. The van der Waals surface area contributed by atoms with Crippen LogP contribution in [0, 0.1) is 0 Å². The number of halogens is 4. The van der Waals surface area contributed by atoms with E-state index in [4.69, 9.17) is 41.1 Å². The molecule has 0 bridgehead atoms. The molecule has 6 heteroatoms. The quantitative estimate of drug-likeness (QED) is 0.537. The molecule has 0 aliphatic heterocycles. The van der Waals surface area contributed by atoms with E-state index in [1.807, 2.05) is 13.1 Å². The van der Waals surface area contributed by atoms with E-state index in [0.717, 1.165) is 0 Å². The summed E-state index contributed by atoms with van der Waals surface area (Å²) in [5.41, 5.74) is 0. The van der Waals surface area contributed by atoms with Gasteiger partial charge in [0.2, 0.25) is 0 Å². The Hall–Kier alpha value is 1.92. The molecule has 0 heterocycles. The average Bonchev–Trinajstić information content (AvgIpc) is 1.14. The summed E-state index contributed by atoms with van der Waals surface area (Å²) in [5, 5.41) is 0. The fourth-order valence-electron chi connectivity index (χ4n) is 0.477.